The lowest BCUT2D eigenvalue weighted by atomic mass is 10.2. The molecular weight excluding hydrogens is 298 g/mol. The molecule has 1 unspecified atom stereocenters. The number of halogens is 1. The summed E-state index contributed by atoms with van der Waals surface area (Å²) in [6.07, 6.45) is 2.04. The van der Waals surface area contributed by atoms with Gasteiger partial charge < -0.3 is 10.2 Å². The molecule has 1 fully saturated rings. The number of hydrogen-bond donors (Lipinski definition) is 1. The molecule has 0 spiro atoms. The molecule has 0 aliphatic carbocycles. The van der Waals surface area contributed by atoms with Gasteiger partial charge in [0, 0.05) is 23.1 Å². The van der Waals surface area contributed by atoms with Gasteiger partial charge in [0.05, 0.1) is 18.8 Å². The van der Waals surface area contributed by atoms with Crippen molar-refractivity contribution in [2.24, 2.45) is 0 Å². The molecule has 6 heteroatoms. The molecule has 2 rings (SSSR count). The lowest BCUT2D eigenvalue weighted by molar-refractivity contribution is -0.132. The van der Waals surface area contributed by atoms with E-state index in [0.29, 0.717) is 13.0 Å². The fraction of sp³-hybridized carbons (Fsp3) is 0.417. The summed E-state index contributed by atoms with van der Waals surface area (Å²) in [5.41, 5.74) is 0.813. The highest BCUT2D eigenvalue weighted by Gasteiger charge is 2.26. The van der Waals surface area contributed by atoms with Crippen molar-refractivity contribution in [2.45, 2.75) is 25.9 Å². The molecule has 1 N–H and O–H groups in total. The molecule has 2 heterocycles. The SMILES string of the molecule is CC1CC(=O)NCC(=O)N1Cc1ccc(Br)cn1. The summed E-state index contributed by atoms with van der Waals surface area (Å²) in [6.45, 7) is 2.38. The van der Waals surface area contributed by atoms with Crippen LogP contribution in [0.2, 0.25) is 0 Å². The summed E-state index contributed by atoms with van der Waals surface area (Å²) < 4.78 is 0.901. The van der Waals surface area contributed by atoms with Crippen molar-refractivity contribution in [3.8, 4) is 0 Å². The molecule has 2 amide bonds. The number of pyridine rings is 1. The van der Waals surface area contributed by atoms with Crippen molar-refractivity contribution < 1.29 is 9.59 Å². The molecule has 96 valence electrons. The number of aromatic nitrogens is 1. The summed E-state index contributed by atoms with van der Waals surface area (Å²) in [4.78, 5) is 29.2. The zero-order valence-electron chi connectivity index (χ0n) is 10.0. The minimum Gasteiger partial charge on any atom is -0.347 e. The molecule has 18 heavy (non-hydrogen) atoms. The van der Waals surface area contributed by atoms with Gasteiger partial charge in [-0.1, -0.05) is 0 Å². The quantitative estimate of drug-likeness (QED) is 0.889. The van der Waals surface area contributed by atoms with Gasteiger partial charge in [0.2, 0.25) is 11.8 Å². The number of nitrogens with zero attached hydrogens (tertiary/aromatic N) is 2. The van der Waals surface area contributed by atoms with Crippen LogP contribution in [0.3, 0.4) is 0 Å². The third kappa shape index (κ3) is 3.07. The average Bonchev–Trinajstić information content (AvgIpc) is 2.45. The van der Waals surface area contributed by atoms with Crippen molar-refractivity contribution in [3.63, 3.8) is 0 Å². The molecule has 1 aliphatic heterocycles. The summed E-state index contributed by atoms with van der Waals surface area (Å²) >= 11 is 3.32. The Morgan fingerprint density at radius 2 is 2.28 bits per heavy atom. The Morgan fingerprint density at radius 3 is 2.94 bits per heavy atom. The van der Waals surface area contributed by atoms with Crippen molar-refractivity contribution in [2.75, 3.05) is 6.54 Å². The standard InChI is InChI=1S/C12H14BrN3O2/c1-8-4-11(17)15-6-12(18)16(8)7-10-3-2-9(13)5-14-10/h2-3,5,8H,4,6-7H2,1H3,(H,15,17). The Bertz CT molecular complexity index is 461. The number of rotatable bonds is 2. The first-order valence-corrected chi connectivity index (χ1v) is 6.52. The minimum absolute atomic E-state index is 0.0691. The van der Waals surface area contributed by atoms with E-state index in [9.17, 15) is 9.59 Å². The van der Waals surface area contributed by atoms with Crippen LogP contribution < -0.4 is 5.32 Å². The first kappa shape index (κ1) is 13.0. The molecule has 1 aromatic heterocycles. The molecule has 0 bridgehead atoms. The maximum Gasteiger partial charge on any atom is 0.242 e. The zero-order valence-corrected chi connectivity index (χ0v) is 11.6. The van der Waals surface area contributed by atoms with Crippen molar-refractivity contribution in [1.82, 2.24) is 15.2 Å². The third-order valence-corrected chi connectivity index (χ3v) is 3.36. The van der Waals surface area contributed by atoms with Crippen LogP contribution in [0.25, 0.3) is 0 Å². The molecule has 1 aromatic rings. The van der Waals surface area contributed by atoms with Crippen LogP contribution in [0, 0.1) is 0 Å². The predicted molar refractivity (Wildman–Crippen MR) is 69.6 cm³/mol. The molecule has 0 saturated carbocycles. The normalized spacial score (nSPS) is 20.6. The number of carbonyl (C=O) groups excluding carboxylic acids is 2. The van der Waals surface area contributed by atoms with Gasteiger partial charge in [0.25, 0.3) is 0 Å². The maximum absolute atomic E-state index is 11.9. The van der Waals surface area contributed by atoms with Crippen LogP contribution in [0.15, 0.2) is 22.8 Å². The van der Waals surface area contributed by atoms with Crippen molar-refractivity contribution in [3.05, 3.63) is 28.5 Å². The lowest BCUT2D eigenvalue weighted by Crippen LogP contribution is -2.39. The monoisotopic (exact) mass is 311 g/mol. The second-order valence-corrected chi connectivity index (χ2v) is 5.23. The lowest BCUT2D eigenvalue weighted by Gasteiger charge is -2.25. The largest absolute Gasteiger partial charge is 0.347 e. The van der Waals surface area contributed by atoms with E-state index < -0.39 is 0 Å². The zero-order chi connectivity index (χ0) is 13.1. The fourth-order valence-corrected chi connectivity index (χ4v) is 2.13. The highest BCUT2D eigenvalue weighted by atomic mass is 79.9. The van der Waals surface area contributed by atoms with E-state index in [0.717, 1.165) is 10.2 Å². The smallest absolute Gasteiger partial charge is 0.242 e. The van der Waals surface area contributed by atoms with Crippen molar-refractivity contribution >= 4 is 27.7 Å². The number of nitrogens with one attached hydrogen (secondary N) is 1. The highest BCUT2D eigenvalue weighted by molar-refractivity contribution is 9.10. The number of amides is 2. The van der Waals surface area contributed by atoms with E-state index in [1.165, 1.54) is 0 Å². The van der Waals surface area contributed by atoms with Gasteiger partial charge in [-0.05, 0) is 35.0 Å². The Kier molecular flexibility index (Phi) is 3.96. The van der Waals surface area contributed by atoms with E-state index in [-0.39, 0.29) is 24.4 Å². The Morgan fingerprint density at radius 1 is 1.50 bits per heavy atom. The van der Waals surface area contributed by atoms with Gasteiger partial charge in [0.15, 0.2) is 0 Å². The molecule has 1 aliphatic rings. The van der Waals surface area contributed by atoms with Gasteiger partial charge >= 0.3 is 0 Å². The topological polar surface area (TPSA) is 62.3 Å². The van der Waals surface area contributed by atoms with Gasteiger partial charge in [-0.2, -0.15) is 0 Å². The fourth-order valence-electron chi connectivity index (χ4n) is 1.89. The Balaban J connectivity index is 2.12. The maximum atomic E-state index is 11.9. The summed E-state index contributed by atoms with van der Waals surface area (Å²) in [5.74, 6) is -0.153. The van der Waals surface area contributed by atoms with Crippen LogP contribution in [-0.4, -0.2) is 34.3 Å². The molecule has 5 nitrogen and oxygen atoms in total. The van der Waals surface area contributed by atoms with Crippen LogP contribution in [0.4, 0.5) is 0 Å². The molecular formula is C12H14BrN3O2. The summed E-state index contributed by atoms with van der Waals surface area (Å²) in [5, 5.41) is 2.59. The number of carbonyl (C=O) groups is 2. The second kappa shape index (κ2) is 5.48. The average molecular weight is 312 g/mol. The van der Waals surface area contributed by atoms with Gasteiger partial charge in [-0.15, -0.1) is 0 Å². The van der Waals surface area contributed by atoms with E-state index in [4.69, 9.17) is 0 Å². The van der Waals surface area contributed by atoms with E-state index in [1.807, 2.05) is 19.1 Å². The third-order valence-electron chi connectivity index (χ3n) is 2.89. The molecule has 0 aromatic carbocycles. The first-order valence-electron chi connectivity index (χ1n) is 5.73. The van der Waals surface area contributed by atoms with E-state index >= 15 is 0 Å². The summed E-state index contributed by atoms with van der Waals surface area (Å²) in [6, 6.07) is 3.65. The van der Waals surface area contributed by atoms with Crippen LogP contribution in [0.1, 0.15) is 19.0 Å². The molecule has 1 atom stereocenters. The Labute approximate surface area is 114 Å². The number of hydrogen-bond acceptors (Lipinski definition) is 3. The van der Waals surface area contributed by atoms with E-state index in [1.54, 1.807) is 11.1 Å². The van der Waals surface area contributed by atoms with Crippen LogP contribution in [-0.2, 0) is 16.1 Å². The van der Waals surface area contributed by atoms with Crippen molar-refractivity contribution in [1.29, 1.82) is 0 Å². The second-order valence-electron chi connectivity index (χ2n) is 4.32. The predicted octanol–water partition coefficient (Wildman–Crippen LogP) is 1.08. The van der Waals surface area contributed by atoms with Crippen LogP contribution >= 0.6 is 15.9 Å². The van der Waals surface area contributed by atoms with Gasteiger partial charge in [-0.3, -0.25) is 14.6 Å². The Hall–Kier alpha value is -1.43. The first-order chi connectivity index (χ1) is 8.56. The highest BCUT2D eigenvalue weighted by Crippen LogP contribution is 2.14. The minimum atomic E-state index is -0.106. The van der Waals surface area contributed by atoms with E-state index in [2.05, 4.69) is 26.2 Å². The van der Waals surface area contributed by atoms with Gasteiger partial charge in [-0.25, -0.2) is 0 Å². The van der Waals surface area contributed by atoms with Gasteiger partial charge in [0.1, 0.15) is 0 Å². The molecule has 0 radical (unpaired) electrons. The summed E-state index contributed by atoms with van der Waals surface area (Å²) in [7, 11) is 0. The molecule has 1 saturated heterocycles. The van der Waals surface area contributed by atoms with Crippen LogP contribution in [0.5, 0.6) is 0 Å².